The van der Waals surface area contributed by atoms with E-state index in [0.29, 0.717) is 0 Å². The number of carbonyl (C=O) groups excluding carboxylic acids is 8. The molecule has 0 saturated carbocycles. The van der Waals surface area contributed by atoms with Gasteiger partial charge < -0.3 is 81.0 Å². The van der Waals surface area contributed by atoms with Crippen molar-refractivity contribution in [3.63, 3.8) is 0 Å². The topological polar surface area (TPSA) is 449 Å². The number of hydrogen-bond acceptors (Lipinski definition) is 14. The number of aliphatic hydroxyl groups excluding tert-OH is 3. The standard InChI is InChI=1S/C31H56N12O13/c1-4-13(2)23(29(54)39-15(6-5-9-37-31(35)36)24(49)42-19(12-45)30(55)56)43-26(51)17(10-21(33)48)40-25(50)16(7-8-20(32)47)38-27(52)18(11-44)41-28(53)22(34)14(3)46/h13-19,22-23,44-46H,4-12,34H2,1-3H3,(H2,32,47)(H2,33,48)(H,38,52)(H,39,54)(H,40,50)(H,41,53)(H,42,49)(H,43,51)(H,55,56)(H4,35,36,37)/t13-,14+,15-,16-,17-,18-,19-,22-,23-/m0/s1. The van der Waals surface area contributed by atoms with Crippen LogP contribution in [0.4, 0.5) is 0 Å². The van der Waals surface area contributed by atoms with Crippen molar-refractivity contribution in [3.8, 4) is 0 Å². The van der Waals surface area contributed by atoms with Crippen molar-refractivity contribution in [1.29, 1.82) is 0 Å². The zero-order chi connectivity index (χ0) is 43.3. The molecule has 318 valence electrons. The molecule has 25 nitrogen and oxygen atoms in total. The molecule has 56 heavy (non-hydrogen) atoms. The number of rotatable bonds is 27. The Bertz CT molecular complexity index is 1430. The van der Waals surface area contributed by atoms with E-state index in [1.807, 2.05) is 0 Å². The lowest BCUT2D eigenvalue weighted by atomic mass is 9.96. The number of hydrogen-bond donors (Lipinski definition) is 15. The highest BCUT2D eigenvalue weighted by Crippen LogP contribution is 2.11. The number of aliphatic carboxylic acids is 1. The molecule has 0 aromatic rings. The summed E-state index contributed by atoms with van der Waals surface area (Å²) in [7, 11) is 0. The van der Waals surface area contributed by atoms with E-state index in [9.17, 15) is 63.6 Å². The van der Waals surface area contributed by atoms with Crippen molar-refractivity contribution in [3.05, 3.63) is 0 Å². The van der Waals surface area contributed by atoms with E-state index in [4.69, 9.17) is 28.7 Å². The number of primary amides is 2. The van der Waals surface area contributed by atoms with Gasteiger partial charge in [0.05, 0.1) is 25.7 Å². The Morgan fingerprint density at radius 1 is 0.625 bits per heavy atom. The third-order valence-corrected chi connectivity index (χ3v) is 8.16. The first-order chi connectivity index (χ1) is 26.1. The molecule has 0 aliphatic rings. The molecule has 0 aliphatic heterocycles. The molecular formula is C31H56N12O13. The number of aliphatic imine (C=N–C) groups is 1. The number of amides is 8. The van der Waals surface area contributed by atoms with Crippen molar-refractivity contribution in [2.24, 2.45) is 39.6 Å². The van der Waals surface area contributed by atoms with Gasteiger partial charge in [-0.25, -0.2) is 4.79 Å². The van der Waals surface area contributed by atoms with Crippen LogP contribution in [0.1, 0.15) is 59.3 Å². The van der Waals surface area contributed by atoms with Gasteiger partial charge in [-0.2, -0.15) is 0 Å². The Hall–Kier alpha value is -5.66. The number of carboxylic acid groups (broad SMARTS) is 1. The normalized spacial score (nSPS) is 15.7. The smallest absolute Gasteiger partial charge is 0.328 e. The molecule has 0 aromatic carbocycles. The van der Waals surface area contributed by atoms with E-state index >= 15 is 0 Å². The number of nitrogens with one attached hydrogen (secondary N) is 6. The lowest BCUT2D eigenvalue weighted by Gasteiger charge is -2.29. The maximum absolute atomic E-state index is 13.6. The van der Waals surface area contributed by atoms with Crippen molar-refractivity contribution < 1.29 is 63.6 Å². The summed E-state index contributed by atoms with van der Waals surface area (Å²) in [5.41, 5.74) is 26.7. The lowest BCUT2D eigenvalue weighted by Crippen LogP contribution is -2.61. The van der Waals surface area contributed by atoms with E-state index in [-0.39, 0.29) is 31.8 Å². The summed E-state index contributed by atoms with van der Waals surface area (Å²) >= 11 is 0. The van der Waals surface area contributed by atoms with Crippen molar-refractivity contribution in [1.82, 2.24) is 31.9 Å². The first kappa shape index (κ1) is 50.3. The fraction of sp³-hybridized carbons (Fsp3) is 0.677. The average Bonchev–Trinajstić information content (AvgIpc) is 3.12. The summed E-state index contributed by atoms with van der Waals surface area (Å²) in [4.78, 5) is 118. The minimum absolute atomic E-state index is 0.0116. The van der Waals surface area contributed by atoms with Gasteiger partial charge >= 0.3 is 5.97 Å². The molecule has 9 atom stereocenters. The lowest BCUT2D eigenvalue weighted by molar-refractivity contribution is -0.143. The zero-order valence-electron chi connectivity index (χ0n) is 31.4. The van der Waals surface area contributed by atoms with Crippen LogP contribution in [-0.4, -0.2) is 148 Å². The Morgan fingerprint density at radius 3 is 1.55 bits per heavy atom. The Morgan fingerprint density at radius 2 is 1.09 bits per heavy atom. The molecule has 0 bridgehead atoms. The molecule has 25 heteroatoms. The quantitative estimate of drug-likeness (QED) is 0.0208. The van der Waals surface area contributed by atoms with Crippen LogP contribution >= 0.6 is 0 Å². The highest BCUT2D eigenvalue weighted by atomic mass is 16.4. The third-order valence-electron chi connectivity index (χ3n) is 8.16. The molecular weight excluding hydrogens is 748 g/mol. The highest BCUT2D eigenvalue weighted by Gasteiger charge is 2.35. The van der Waals surface area contributed by atoms with Gasteiger partial charge in [-0.05, 0) is 32.1 Å². The van der Waals surface area contributed by atoms with E-state index in [2.05, 4.69) is 36.9 Å². The van der Waals surface area contributed by atoms with Gasteiger partial charge in [-0.1, -0.05) is 20.3 Å². The van der Waals surface area contributed by atoms with E-state index in [1.54, 1.807) is 13.8 Å². The van der Waals surface area contributed by atoms with Gasteiger partial charge in [-0.15, -0.1) is 0 Å². The Labute approximate surface area is 321 Å². The van der Waals surface area contributed by atoms with Crippen LogP contribution in [0.3, 0.4) is 0 Å². The minimum atomic E-state index is -1.80. The summed E-state index contributed by atoms with van der Waals surface area (Å²) in [6.45, 7) is 2.44. The number of guanidine groups is 1. The molecule has 0 rings (SSSR count). The molecule has 0 aromatic heterocycles. The molecule has 20 N–H and O–H groups in total. The largest absolute Gasteiger partial charge is 0.480 e. The molecule has 0 spiro atoms. The van der Waals surface area contributed by atoms with Crippen molar-refractivity contribution in [2.75, 3.05) is 19.8 Å². The van der Waals surface area contributed by atoms with Crippen molar-refractivity contribution >= 4 is 59.2 Å². The maximum atomic E-state index is 13.6. The molecule has 0 unspecified atom stereocenters. The fourth-order valence-corrected chi connectivity index (χ4v) is 4.64. The van der Waals surface area contributed by atoms with Gasteiger partial charge in [0.2, 0.25) is 47.3 Å². The van der Waals surface area contributed by atoms with E-state index < -0.39 is 140 Å². The zero-order valence-corrected chi connectivity index (χ0v) is 31.4. The van der Waals surface area contributed by atoms with E-state index in [0.717, 1.165) is 0 Å². The Kier molecular flexibility index (Phi) is 22.9. The summed E-state index contributed by atoms with van der Waals surface area (Å²) in [5.74, 6) is -10.9. The predicted octanol–water partition coefficient (Wildman–Crippen LogP) is -8.09. The number of carbonyl (C=O) groups is 9. The van der Waals surface area contributed by atoms with Crippen LogP contribution in [0.5, 0.6) is 0 Å². The van der Waals surface area contributed by atoms with Crippen LogP contribution in [0.25, 0.3) is 0 Å². The number of nitrogens with two attached hydrogens (primary N) is 5. The number of nitrogens with zero attached hydrogens (tertiary/aromatic N) is 1. The highest BCUT2D eigenvalue weighted by molar-refractivity contribution is 5.98. The van der Waals surface area contributed by atoms with Crippen LogP contribution in [-0.2, 0) is 43.2 Å². The number of aliphatic hydroxyl groups is 3. The number of carboxylic acids is 1. The molecule has 0 radical (unpaired) electrons. The summed E-state index contributed by atoms with van der Waals surface area (Å²) in [6.07, 6.45) is -2.92. The average molecular weight is 805 g/mol. The van der Waals surface area contributed by atoms with Gasteiger partial charge in [0.1, 0.15) is 42.3 Å². The van der Waals surface area contributed by atoms with Gasteiger partial charge in [0.15, 0.2) is 5.96 Å². The second-order valence-electron chi connectivity index (χ2n) is 12.8. The van der Waals surface area contributed by atoms with Crippen LogP contribution in [0.2, 0.25) is 0 Å². The summed E-state index contributed by atoms with van der Waals surface area (Å²) in [6, 6.07) is -11.3. The third kappa shape index (κ3) is 18.6. The Balaban J connectivity index is 6.38. The van der Waals surface area contributed by atoms with E-state index in [1.165, 1.54) is 6.92 Å². The van der Waals surface area contributed by atoms with Gasteiger partial charge in [0.25, 0.3) is 0 Å². The van der Waals surface area contributed by atoms with Gasteiger partial charge in [-0.3, -0.25) is 43.3 Å². The molecule has 8 amide bonds. The molecule has 0 fully saturated rings. The summed E-state index contributed by atoms with van der Waals surface area (Å²) in [5, 5.41) is 51.4. The van der Waals surface area contributed by atoms with Crippen LogP contribution < -0.4 is 60.6 Å². The molecule has 0 saturated heterocycles. The minimum Gasteiger partial charge on any atom is -0.480 e. The molecule has 0 heterocycles. The van der Waals surface area contributed by atoms with Crippen LogP contribution in [0, 0.1) is 5.92 Å². The van der Waals surface area contributed by atoms with Gasteiger partial charge in [0, 0.05) is 13.0 Å². The molecule has 0 aliphatic carbocycles. The first-order valence-electron chi connectivity index (χ1n) is 17.4. The fourth-order valence-electron chi connectivity index (χ4n) is 4.64. The maximum Gasteiger partial charge on any atom is 0.328 e. The summed E-state index contributed by atoms with van der Waals surface area (Å²) < 4.78 is 0. The second-order valence-corrected chi connectivity index (χ2v) is 12.8. The second kappa shape index (κ2) is 25.4. The SMILES string of the molecule is CC[C@H](C)[C@H](NC(=O)[C@H](CC(N)=O)NC(=O)[C@H](CCC(N)=O)NC(=O)[C@H](CO)NC(=O)[C@@H](N)[C@@H](C)O)C(=O)N[C@@H](CCCN=C(N)N)C(=O)N[C@@H](CO)C(=O)O. The predicted molar refractivity (Wildman–Crippen MR) is 195 cm³/mol. The van der Waals surface area contributed by atoms with Crippen LogP contribution in [0.15, 0.2) is 4.99 Å². The monoisotopic (exact) mass is 804 g/mol. The first-order valence-corrected chi connectivity index (χ1v) is 17.4. The van der Waals surface area contributed by atoms with Crippen molar-refractivity contribution in [2.45, 2.75) is 108 Å².